The van der Waals surface area contributed by atoms with E-state index in [1.807, 2.05) is 45.0 Å². The van der Waals surface area contributed by atoms with Crippen molar-refractivity contribution in [3.63, 3.8) is 0 Å². The molecule has 0 bridgehead atoms. The van der Waals surface area contributed by atoms with Crippen molar-refractivity contribution in [2.24, 2.45) is 0 Å². The highest BCUT2D eigenvalue weighted by molar-refractivity contribution is 7.15. The Kier molecular flexibility index (Phi) is 4.06. The number of nitrogens with two attached hydrogens (primary N) is 1. The highest BCUT2D eigenvalue weighted by atomic mass is 32.1. The Morgan fingerprint density at radius 2 is 1.96 bits per heavy atom. The molecule has 3 rings (SSSR count). The molecule has 1 amide bonds. The number of carbonyl (C=O) groups excluding carboxylic acids is 1. The molecule has 0 aliphatic heterocycles. The summed E-state index contributed by atoms with van der Waals surface area (Å²) in [4.78, 5) is 12.5. The van der Waals surface area contributed by atoms with Gasteiger partial charge in [0, 0.05) is 5.56 Å². The van der Waals surface area contributed by atoms with Gasteiger partial charge in [0.15, 0.2) is 0 Å². The normalized spacial score (nSPS) is 11.5. The number of hydrogen-bond donors (Lipinski definition) is 3. The van der Waals surface area contributed by atoms with Crippen molar-refractivity contribution < 1.29 is 4.79 Å². The average Bonchev–Trinajstić information content (AvgIpc) is 3.17. The molecule has 0 aliphatic carbocycles. The molecule has 0 fully saturated rings. The summed E-state index contributed by atoms with van der Waals surface area (Å²) >= 11 is 1.25. The molecule has 0 radical (unpaired) electrons. The molecule has 0 atom stereocenters. The molecule has 2 heterocycles. The quantitative estimate of drug-likeness (QED) is 0.675. The van der Waals surface area contributed by atoms with Crippen molar-refractivity contribution in [3.8, 4) is 11.3 Å². The van der Waals surface area contributed by atoms with E-state index < -0.39 is 5.54 Å². The highest BCUT2D eigenvalue weighted by Gasteiger charge is 2.28. The maximum atomic E-state index is 12.5. The maximum absolute atomic E-state index is 12.5. The SMILES string of the molecule is Cc1ccc(-c2cc(C(=O)NC(C)(C)c3nnc(N)s3)[nH]n2)cc1. The molecule has 0 spiro atoms. The summed E-state index contributed by atoms with van der Waals surface area (Å²) in [6.07, 6.45) is 0. The third-order valence-electron chi connectivity index (χ3n) is 3.57. The molecule has 24 heavy (non-hydrogen) atoms. The summed E-state index contributed by atoms with van der Waals surface area (Å²) in [6, 6.07) is 9.69. The van der Waals surface area contributed by atoms with Crippen LogP contribution in [0.2, 0.25) is 0 Å². The first-order chi connectivity index (χ1) is 11.3. The summed E-state index contributed by atoms with van der Waals surface area (Å²) in [5.41, 5.74) is 8.16. The van der Waals surface area contributed by atoms with E-state index in [1.54, 1.807) is 6.07 Å². The molecule has 2 aromatic heterocycles. The molecule has 0 saturated heterocycles. The van der Waals surface area contributed by atoms with E-state index in [2.05, 4.69) is 25.7 Å². The lowest BCUT2D eigenvalue weighted by atomic mass is 10.1. The molecule has 0 unspecified atom stereocenters. The summed E-state index contributed by atoms with van der Waals surface area (Å²) in [7, 11) is 0. The van der Waals surface area contributed by atoms with Crippen LogP contribution in [-0.2, 0) is 5.54 Å². The first-order valence-corrected chi connectivity index (χ1v) is 8.21. The van der Waals surface area contributed by atoms with Gasteiger partial charge in [-0.15, -0.1) is 10.2 Å². The van der Waals surface area contributed by atoms with Crippen LogP contribution < -0.4 is 11.1 Å². The van der Waals surface area contributed by atoms with Crippen LogP contribution in [0, 0.1) is 6.92 Å². The Labute approximate surface area is 143 Å². The van der Waals surface area contributed by atoms with Gasteiger partial charge in [0.1, 0.15) is 10.7 Å². The van der Waals surface area contributed by atoms with Gasteiger partial charge in [-0.3, -0.25) is 9.89 Å². The molecule has 124 valence electrons. The average molecular weight is 342 g/mol. The Morgan fingerprint density at radius 3 is 2.58 bits per heavy atom. The fourth-order valence-corrected chi connectivity index (χ4v) is 2.87. The number of nitrogen functional groups attached to an aromatic ring is 1. The van der Waals surface area contributed by atoms with E-state index in [0.717, 1.165) is 11.3 Å². The standard InChI is InChI=1S/C16H18N6OS/c1-9-4-6-10(7-5-9)11-8-12(20-19-11)13(23)18-16(2,3)14-21-22-15(17)24-14/h4-8H,1-3H3,(H2,17,22)(H,18,23)(H,19,20). The van der Waals surface area contributed by atoms with Crippen LogP contribution in [0.4, 0.5) is 5.13 Å². The third-order valence-corrected chi connectivity index (χ3v) is 4.65. The second-order valence-electron chi connectivity index (χ2n) is 6.06. The van der Waals surface area contributed by atoms with E-state index in [1.165, 1.54) is 16.9 Å². The number of hydrogen-bond acceptors (Lipinski definition) is 6. The molecule has 1 aromatic carbocycles. The van der Waals surface area contributed by atoms with E-state index in [-0.39, 0.29) is 5.91 Å². The van der Waals surface area contributed by atoms with E-state index in [0.29, 0.717) is 15.8 Å². The number of nitrogens with one attached hydrogen (secondary N) is 2. The van der Waals surface area contributed by atoms with Gasteiger partial charge >= 0.3 is 0 Å². The fraction of sp³-hybridized carbons (Fsp3) is 0.250. The third kappa shape index (κ3) is 3.28. The molecule has 7 nitrogen and oxygen atoms in total. The van der Waals surface area contributed by atoms with Crippen molar-refractivity contribution in [2.45, 2.75) is 26.3 Å². The Morgan fingerprint density at radius 1 is 1.25 bits per heavy atom. The van der Waals surface area contributed by atoms with Gasteiger partial charge in [-0.25, -0.2) is 0 Å². The minimum Gasteiger partial charge on any atom is -0.374 e. The number of H-pyrrole nitrogens is 1. The summed E-state index contributed by atoms with van der Waals surface area (Å²) in [5, 5.41) is 18.7. The largest absolute Gasteiger partial charge is 0.374 e. The van der Waals surface area contributed by atoms with Gasteiger partial charge in [-0.05, 0) is 26.8 Å². The number of carbonyl (C=O) groups is 1. The second-order valence-corrected chi connectivity index (χ2v) is 7.07. The van der Waals surface area contributed by atoms with Crippen molar-refractivity contribution in [1.82, 2.24) is 25.7 Å². The number of aryl methyl sites for hydroxylation is 1. The summed E-state index contributed by atoms with van der Waals surface area (Å²) in [6.45, 7) is 5.72. The molecule has 0 saturated carbocycles. The van der Waals surface area contributed by atoms with Gasteiger partial charge in [0.05, 0.1) is 11.2 Å². The van der Waals surface area contributed by atoms with E-state index in [9.17, 15) is 4.79 Å². The summed E-state index contributed by atoms with van der Waals surface area (Å²) in [5.74, 6) is -0.264. The zero-order chi connectivity index (χ0) is 17.3. The lowest BCUT2D eigenvalue weighted by Crippen LogP contribution is -2.41. The van der Waals surface area contributed by atoms with Crippen molar-refractivity contribution in [3.05, 3.63) is 46.6 Å². The van der Waals surface area contributed by atoms with Crippen molar-refractivity contribution in [2.75, 3.05) is 5.73 Å². The van der Waals surface area contributed by atoms with E-state index >= 15 is 0 Å². The van der Waals surface area contributed by atoms with Crippen LogP contribution in [0.5, 0.6) is 0 Å². The zero-order valence-corrected chi connectivity index (χ0v) is 14.4. The van der Waals surface area contributed by atoms with Gasteiger partial charge < -0.3 is 11.1 Å². The number of anilines is 1. The lowest BCUT2D eigenvalue weighted by Gasteiger charge is -2.22. The maximum Gasteiger partial charge on any atom is 0.270 e. The molecule has 8 heteroatoms. The van der Waals surface area contributed by atoms with Crippen molar-refractivity contribution in [1.29, 1.82) is 0 Å². The predicted octanol–water partition coefficient (Wildman–Crippen LogP) is 2.48. The minimum absolute atomic E-state index is 0.264. The van der Waals surface area contributed by atoms with Crippen LogP contribution in [0.15, 0.2) is 30.3 Å². The molecular weight excluding hydrogens is 324 g/mol. The number of aromatic amines is 1. The zero-order valence-electron chi connectivity index (χ0n) is 13.6. The summed E-state index contributed by atoms with van der Waals surface area (Å²) < 4.78 is 0. The highest BCUT2D eigenvalue weighted by Crippen LogP contribution is 2.25. The predicted molar refractivity (Wildman–Crippen MR) is 93.6 cm³/mol. The number of aromatic nitrogens is 4. The second kappa shape index (κ2) is 6.04. The number of amides is 1. The Bertz CT molecular complexity index is 865. The van der Waals surface area contributed by atoms with Crippen LogP contribution >= 0.6 is 11.3 Å². The molecule has 4 N–H and O–H groups in total. The first-order valence-electron chi connectivity index (χ1n) is 7.39. The fourth-order valence-electron chi connectivity index (χ4n) is 2.20. The van der Waals surface area contributed by atoms with Gasteiger partial charge in [-0.1, -0.05) is 41.2 Å². The van der Waals surface area contributed by atoms with Crippen LogP contribution in [0.3, 0.4) is 0 Å². The van der Waals surface area contributed by atoms with Crippen LogP contribution in [0.1, 0.15) is 34.9 Å². The lowest BCUT2D eigenvalue weighted by molar-refractivity contribution is 0.0906. The first kappa shape index (κ1) is 16.1. The molecule has 3 aromatic rings. The Hall–Kier alpha value is -2.74. The molecular formula is C16H18N6OS. The number of nitrogens with zero attached hydrogens (tertiary/aromatic N) is 3. The van der Waals surface area contributed by atoms with Crippen LogP contribution in [-0.4, -0.2) is 26.3 Å². The molecule has 0 aliphatic rings. The van der Waals surface area contributed by atoms with Crippen LogP contribution in [0.25, 0.3) is 11.3 Å². The Balaban J connectivity index is 1.77. The van der Waals surface area contributed by atoms with Gasteiger partial charge in [0.25, 0.3) is 5.91 Å². The monoisotopic (exact) mass is 342 g/mol. The van der Waals surface area contributed by atoms with Gasteiger partial charge in [0.2, 0.25) is 5.13 Å². The van der Waals surface area contributed by atoms with Gasteiger partial charge in [-0.2, -0.15) is 5.10 Å². The smallest absolute Gasteiger partial charge is 0.270 e. The van der Waals surface area contributed by atoms with E-state index in [4.69, 9.17) is 5.73 Å². The minimum atomic E-state index is -0.679. The number of benzene rings is 1. The number of rotatable bonds is 4. The topological polar surface area (TPSA) is 110 Å². The van der Waals surface area contributed by atoms with Crippen molar-refractivity contribution >= 4 is 22.4 Å².